The molecule has 3 aromatic carbocycles. The number of hydrogen-bond acceptors (Lipinski definition) is 5. The molecular weight excluding hydrogens is 450 g/mol. The van der Waals surface area contributed by atoms with E-state index >= 15 is 0 Å². The quantitative estimate of drug-likeness (QED) is 0.363. The van der Waals surface area contributed by atoms with Crippen molar-refractivity contribution in [2.45, 2.75) is 36.6 Å². The van der Waals surface area contributed by atoms with Gasteiger partial charge in [-0.2, -0.15) is 0 Å². The van der Waals surface area contributed by atoms with Gasteiger partial charge in [-0.1, -0.05) is 31.2 Å². The van der Waals surface area contributed by atoms with Crippen molar-refractivity contribution in [3.63, 3.8) is 0 Å². The summed E-state index contributed by atoms with van der Waals surface area (Å²) >= 11 is 0. The predicted molar refractivity (Wildman–Crippen MR) is 133 cm³/mol. The zero-order valence-electron chi connectivity index (χ0n) is 19.4. The van der Waals surface area contributed by atoms with Crippen LogP contribution in [-0.2, 0) is 22.8 Å². The summed E-state index contributed by atoms with van der Waals surface area (Å²) in [7, 11) is -2.43. The minimum Gasteiger partial charge on any atom is -0.497 e. The topological polar surface area (TPSA) is 74.6 Å². The van der Waals surface area contributed by atoms with Crippen LogP contribution in [0.2, 0.25) is 0 Å². The van der Waals surface area contributed by atoms with Gasteiger partial charge in [0.1, 0.15) is 16.4 Å². The summed E-state index contributed by atoms with van der Waals surface area (Å²) in [6.45, 7) is 4.67. The number of benzene rings is 3. The van der Waals surface area contributed by atoms with E-state index in [9.17, 15) is 13.2 Å². The van der Waals surface area contributed by atoms with Gasteiger partial charge in [0.2, 0.25) is 15.3 Å². The first-order valence-electron chi connectivity index (χ1n) is 11.1. The van der Waals surface area contributed by atoms with Gasteiger partial charge in [-0.05, 0) is 66.9 Å². The van der Waals surface area contributed by atoms with Crippen LogP contribution in [0.3, 0.4) is 0 Å². The van der Waals surface area contributed by atoms with Crippen molar-refractivity contribution in [3.05, 3.63) is 94.3 Å². The maximum atomic E-state index is 13.5. The van der Waals surface area contributed by atoms with Crippen LogP contribution >= 0.6 is 0 Å². The maximum Gasteiger partial charge on any atom is 0.211 e. The second-order valence-corrected chi connectivity index (χ2v) is 9.83. The summed E-state index contributed by atoms with van der Waals surface area (Å²) in [5.41, 5.74) is 2.05. The Morgan fingerprint density at radius 2 is 1.50 bits per heavy atom. The summed E-state index contributed by atoms with van der Waals surface area (Å²) in [5.74, 6) is 1.25. The van der Waals surface area contributed by atoms with Crippen molar-refractivity contribution < 1.29 is 17.9 Å². The first kappa shape index (κ1) is 23.6. The molecule has 0 N–H and O–H groups in total. The second-order valence-electron chi connectivity index (χ2n) is 7.91. The molecule has 7 heteroatoms. The van der Waals surface area contributed by atoms with Crippen LogP contribution in [0.15, 0.2) is 87.5 Å². The molecule has 0 atom stereocenters. The van der Waals surface area contributed by atoms with E-state index in [0.29, 0.717) is 29.8 Å². The normalized spacial score (nSPS) is 11.5. The van der Waals surface area contributed by atoms with E-state index in [4.69, 9.17) is 9.47 Å². The van der Waals surface area contributed by atoms with Gasteiger partial charge in [-0.25, -0.2) is 8.42 Å². The van der Waals surface area contributed by atoms with Crippen molar-refractivity contribution in [1.29, 1.82) is 0 Å². The van der Waals surface area contributed by atoms with Crippen molar-refractivity contribution in [2.24, 2.45) is 0 Å². The van der Waals surface area contributed by atoms with E-state index in [2.05, 4.69) is 0 Å². The summed E-state index contributed by atoms with van der Waals surface area (Å²) < 4.78 is 39.7. The lowest BCUT2D eigenvalue weighted by molar-refractivity contribution is 0.340. The van der Waals surface area contributed by atoms with Crippen LogP contribution in [-0.4, -0.2) is 26.7 Å². The highest BCUT2D eigenvalue weighted by atomic mass is 32.2. The third-order valence-electron chi connectivity index (χ3n) is 5.77. The first-order valence-corrected chi connectivity index (χ1v) is 12.6. The van der Waals surface area contributed by atoms with Crippen LogP contribution in [0.1, 0.15) is 25.0 Å². The Hall–Kier alpha value is -3.58. The van der Waals surface area contributed by atoms with E-state index < -0.39 is 15.3 Å². The molecule has 0 aliphatic heterocycles. The molecule has 0 aliphatic carbocycles. The van der Waals surface area contributed by atoms with Gasteiger partial charge in [0.05, 0.1) is 29.5 Å². The van der Waals surface area contributed by atoms with Crippen molar-refractivity contribution >= 4 is 20.7 Å². The lowest BCUT2D eigenvalue weighted by atomic mass is 10.1. The van der Waals surface area contributed by atoms with E-state index in [1.54, 1.807) is 54.1 Å². The highest BCUT2D eigenvalue weighted by molar-refractivity contribution is 7.91. The largest absolute Gasteiger partial charge is 0.497 e. The molecule has 34 heavy (non-hydrogen) atoms. The number of nitrogens with zero attached hydrogens (tertiary/aromatic N) is 1. The molecule has 4 rings (SSSR count). The Morgan fingerprint density at radius 3 is 2.12 bits per heavy atom. The zero-order valence-corrected chi connectivity index (χ0v) is 20.3. The van der Waals surface area contributed by atoms with Gasteiger partial charge in [0.15, 0.2) is 0 Å². The number of rotatable bonds is 8. The summed E-state index contributed by atoms with van der Waals surface area (Å²) in [4.78, 5) is 13.3. The average Bonchev–Trinajstić information content (AvgIpc) is 2.86. The highest BCUT2D eigenvalue weighted by Gasteiger charge is 2.24. The van der Waals surface area contributed by atoms with Crippen LogP contribution in [0, 0.1) is 0 Å². The number of aromatic nitrogens is 1. The molecule has 0 amide bonds. The summed E-state index contributed by atoms with van der Waals surface area (Å²) in [6, 6.07) is 19.4. The highest BCUT2D eigenvalue weighted by Crippen LogP contribution is 2.25. The van der Waals surface area contributed by atoms with Gasteiger partial charge in [-0.3, -0.25) is 4.79 Å². The van der Waals surface area contributed by atoms with Gasteiger partial charge >= 0.3 is 0 Å². The van der Waals surface area contributed by atoms with E-state index in [1.165, 1.54) is 6.20 Å². The number of ether oxygens (including phenoxy) is 2. The smallest absolute Gasteiger partial charge is 0.211 e. The molecular formula is C27H27NO5S. The summed E-state index contributed by atoms with van der Waals surface area (Å²) in [5, 5.41) is 0.297. The average molecular weight is 478 g/mol. The standard InChI is InChI=1S/C27H27NO5S/c1-4-19-8-13-23(14-9-19)34(30,31)26-18-28(17-20-6-10-21(32-3)11-7-20)25-15-12-22(33-5-2)16-24(25)27(26)29/h6-16,18H,4-5,17H2,1-3H3. The lowest BCUT2D eigenvalue weighted by Gasteiger charge is -2.15. The number of methoxy groups -OCH3 is 1. The third kappa shape index (κ3) is 4.56. The fraction of sp³-hybridized carbons (Fsp3) is 0.222. The number of fused-ring (bicyclic) bond motifs is 1. The van der Waals surface area contributed by atoms with Crippen molar-refractivity contribution in [3.8, 4) is 11.5 Å². The number of sulfone groups is 1. The van der Waals surface area contributed by atoms with Crippen molar-refractivity contribution in [1.82, 2.24) is 4.57 Å². The van der Waals surface area contributed by atoms with E-state index in [-0.39, 0.29) is 9.79 Å². The Balaban J connectivity index is 1.91. The molecule has 0 fully saturated rings. The fourth-order valence-electron chi connectivity index (χ4n) is 3.89. The molecule has 6 nitrogen and oxygen atoms in total. The molecule has 1 aromatic heterocycles. The van der Waals surface area contributed by atoms with Crippen LogP contribution < -0.4 is 14.9 Å². The van der Waals surface area contributed by atoms with Gasteiger partial charge in [0, 0.05) is 12.7 Å². The van der Waals surface area contributed by atoms with Crippen LogP contribution in [0.5, 0.6) is 11.5 Å². The molecule has 176 valence electrons. The Kier molecular flexibility index (Phi) is 6.75. The van der Waals surface area contributed by atoms with Gasteiger partial charge < -0.3 is 14.0 Å². The number of pyridine rings is 1. The second kappa shape index (κ2) is 9.73. The first-order chi connectivity index (χ1) is 16.4. The molecule has 0 saturated heterocycles. The summed E-state index contributed by atoms with van der Waals surface area (Å²) in [6.07, 6.45) is 2.24. The molecule has 0 unspecified atom stereocenters. The third-order valence-corrected chi connectivity index (χ3v) is 7.54. The Bertz CT molecular complexity index is 1470. The molecule has 0 bridgehead atoms. The van der Waals surface area contributed by atoms with E-state index in [1.807, 2.05) is 38.1 Å². The van der Waals surface area contributed by atoms with Crippen molar-refractivity contribution in [2.75, 3.05) is 13.7 Å². The maximum absolute atomic E-state index is 13.5. The van der Waals surface area contributed by atoms with Crippen LogP contribution in [0.4, 0.5) is 0 Å². The van der Waals surface area contributed by atoms with Gasteiger partial charge in [-0.15, -0.1) is 0 Å². The minimum absolute atomic E-state index is 0.0955. The fourth-order valence-corrected chi connectivity index (χ4v) is 5.26. The molecule has 0 radical (unpaired) electrons. The number of hydrogen-bond donors (Lipinski definition) is 0. The van der Waals surface area contributed by atoms with Gasteiger partial charge in [0.25, 0.3) is 0 Å². The predicted octanol–water partition coefficient (Wildman–Crippen LogP) is 4.85. The minimum atomic E-state index is -4.03. The molecule has 1 heterocycles. The van der Waals surface area contributed by atoms with E-state index in [0.717, 1.165) is 23.3 Å². The molecule has 0 saturated carbocycles. The SMILES string of the molecule is CCOc1ccc2c(c1)c(=O)c(S(=O)(=O)c1ccc(CC)cc1)cn2Cc1ccc(OC)cc1. The monoisotopic (exact) mass is 477 g/mol. The lowest BCUT2D eigenvalue weighted by Crippen LogP contribution is -2.20. The molecule has 4 aromatic rings. The molecule has 0 aliphatic rings. The zero-order chi connectivity index (χ0) is 24.3. The Morgan fingerprint density at radius 1 is 0.853 bits per heavy atom. The van der Waals surface area contributed by atoms with Crippen LogP contribution in [0.25, 0.3) is 10.9 Å². The molecule has 0 spiro atoms. The number of aryl methyl sites for hydroxylation is 1. The Labute approximate surface area is 199 Å².